The molecule has 2 aromatic carbocycles. The predicted octanol–water partition coefficient (Wildman–Crippen LogP) is 3.46. The van der Waals surface area contributed by atoms with Crippen LogP contribution in [0.15, 0.2) is 59.8 Å². The van der Waals surface area contributed by atoms with Gasteiger partial charge in [0.2, 0.25) is 0 Å². The molecule has 0 bridgehead atoms. The van der Waals surface area contributed by atoms with Crippen LogP contribution in [-0.4, -0.2) is 15.9 Å². The quantitative estimate of drug-likeness (QED) is 0.286. The topological polar surface area (TPSA) is 55.3 Å². The highest BCUT2D eigenvalue weighted by molar-refractivity contribution is 14.1. The number of aromatic nitrogens is 1. The van der Waals surface area contributed by atoms with E-state index in [-0.39, 0.29) is 5.11 Å². The lowest BCUT2D eigenvalue weighted by Crippen LogP contribution is -2.23. The molecule has 0 saturated heterocycles. The third-order valence-electron chi connectivity index (χ3n) is 3.46. The van der Waals surface area contributed by atoms with Crippen molar-refractivity contribution in [3.63, 3.8) is 0 Å². The Hall–Kier alpha value is -1.93. The molecule has 3 rings (SSSR count). The highest BCUT2D eigenvalue weighted by atomic mass is 127. The van der Waals surface area contributed by atoms with Crippen molar-refractivity contribution in [3.05, 3.63) is 69.4 Å². The molecule has 0 atom stereocenters. The minimum atomic E-state index is 0.156. The summed E-state index contributed by atoms with van der Waals surface area (Å²) in [6, 6.07) is 16.8. The zero-order valence-electron chi connectivity index (χ0n) is 12.2. The Morgan fingerprint density at radius 3 is 2.70 bits per heavy atom. The summed E-state index contributed by atoms with van der Waals surface area (Å²) in [5.74, 6) is 0. The molecule has 1 aromatic heterocycles. The smallest absolute Gasteiger partial charge is 0.184 e. The standard InChI is InChI=1S/C17H15IN4S/c18-14-7-5-12(6-8-14)10-22-11-13(9-20-21-17(19)23)15-3-1-2-4-16(15)22/h1-9,11H,10H2,(H3,19,21,23)/b20-9-. The van der Waals surface area contributed by atoms with Crippen LogP contribution < -0.4 is 11.2 Å². The average Bonchev–Trinajstić information content (AvgIpc) is 2.88. The van der Waals surface area contributed by atoms with Crippen molar-refractivity contribution in [1.29, 1.82) is 0 Å². The number of rotatable bonds is 4. The summed E-state index contributed by atoms with van der Waals surface area (Å²) in [6.45, 7) is 0.813. The molecule has 0 amide bonds. The molecule has 0 aliphatic carbocycles. The number of benzene rings is 2. The van der Waals surface area contributed by atoms with Crippen LogP contribution in [0.4, 0.5) is 0 Å². The fourth-order valence-corrected chi connectivity index (χ4v) is 2.87. The van der Waals surface area contributed by atoms with E-state index in [0.717, 1.165) is 17.5 Å². The van der Waals surface area contributed by atoms with E-state index in [1.54, 1.807) is 6.21 Å². The van der Waals surface area contributed by atoms with Gasteiger partial charge in [-0.25, -0.2) is 0 Å². The van der Waals surface area contributed by atoms with Gasteiger partial charge in [-0.3, -0.25) is 5.43 Å². The summed E-state index contributed by atoms with van der Waals surface area (Å²) in [4.78, 5) is 0. The van der Waals surface area contributed by atoms with Gasteiger partial charge in [-0.15, -0.1) is 0 Å². The molecular formula is C17H15IN4S. The number of hydrogen-bond donors (Lipinski definition) is 2. The van der Waals surface area contributed by atoms with Crippen molar-refractivity contribution in [2.24, 2.45) is 10.8 Å². The summed E-state index contributed by atoms with van der Waals surface area (Å²) >= 11 is 7.07. The number of nitrogens with two attached hydrogens (primary N) is 1. The maximum Gasteiger partial charge on any atom is 0.184 e. The van der Waals surface area contributed by atoms with Crippen LogP contribution in [0.2, 0.25) is 0 Å². The molecule has 3 aromatic rings. The molecule has 6 heteroatoms. The maximum atomic E-state index is 5.39. The number of thiocarbonyl (C=S) groups is 1. The van der Waals surface area contributed by atoms with Gasteiger partial charge in [-0.1, -0.05) is 30.3 Å². The highest BCUT2D eigenvalue weighted by Crippen LogP contribution is 2.21. The molecule has 4 nitrogen and oxygen atoms in total. The lowest BCUT2D eigenvalue weighted by molar-refractivity contribution is 0.836. The Labute approximate surface area is 153 Å². The van der Waals surface area contributed by atoms with E-state index < -0.39 is 0 Å². The normalized spacial score (nSPS) is 11.2. The number of para-hydroxylation sites is 1. The molecule has 0 aliphatic rings. The summed E-state index contributed by atoms with van der Waals surface area (Å²) in [5.41, 5.74) is 11.4. The molecule has 23 heavy (non-hydrogen) atoms. The maximum absolute atomic E-state index is 5.39. The summed E-state index contributed by atoms with van der Waals surface area (Å²) in [6.07, 6.45) is 3.83. The van der Waals surface area contributed by atoms with Crippen molar-refractivity contribution in [2.45, 2.75) is 6.54 Å². The Balaban J connectivity index is 1.95. The molecule has 0 spiro atoms. The van der Waals surface area contributed by atoms with Crippen molar-refractivity contribution < 1.29 is 0 Å². The second kappa shape index (κ2) is 7.10. The van der Waals surface area contributed by atoms with Gasteiger partial charge in [-0.05, 0) is 58.6 Å². The van der Waals surface area contributed by atoms with E-state index in [0.29, 0.717) is 0 Å². The predicted molar refractivity (Wildman–Crippen MR) is 108 cm³/mol. The SMILES string of the molecule is NC(=S)N/N=C\c1cn(Cc2ccc(I)cc2)c2ccccc12. The first kappa shape index (κ1) is 15.9. The fourth-order valence-electron chi connectivity index (χ4n) is 2.46. The van der Waals surface area contributed by atoms with Gasteiger partial charge in [0.15, 0.2) is 5.11 Å². The number of hydrazone groups is 1. The van der Waals surface area contributed by atoms with E-state index in [2.05, 4.69) is 80.3 Å². The number of nitrogens with one attached hydrogen (secondary N) is 1. The molecule has 3 N–H and O–H groups in total. The Bertz CT molecular complexity index is 868. The van der Waals surface area contributed by atoms with E-state index in [9.17, 15) is 0 Å². The van der Waals surface area contributed by atoms with Crippen LogP contribution in [0.25, 0.3) is 10.9 Å². The lowest BCUT2D eigenvalue weighted by atomic mass is 10.2. The molecule has 0 unspecified atom stereocenters. The van der Waals surface area contributed by atoms with Gasteiger partial charge in [0.05, 0.1) is 6.21 Å². The minimum Gasteiger partial charge on any atom is -0.375 e. The molecule has 0 fully saturated rings. The monoisotopic (exact) mass is 434 g/mol. The third-order valence-corrected chi connectivity index (χ3v) is 4.27. The van der Waals surface area contributed by atoms with Crippen LogP contribution in [0.5, 0.6) is 0 Å². The first-order chi connectivity index (χ1) is 11.1. The number of nitrogens with zero attached hydrogens (tertiary/aromatic N) is 2. The number of hydrogen-bond acceptors (Lipinski definition) is 2. The fraction of sp³-hybridized carbons (Fsp3) is 0.0588. The van der Waals surface area contributed by atoms with Crippen molar-refractivity contribution in [2.75, 3.05) is 0 Å². The molecular weight excluding hydrogens is 419 g/mol. The largest absolute Gasteiger partial charge is 0.375 e. The van der Waals surface area contributed by atoms with Crippen molar-refractivity contribution in [1.82, 2.24) is 9.99 Å². The minimum absolute atomic E-state index is 0.156. The Kier molecular flexibility index (Phi) is 4.92. The summed E-state index contributed by atoms with van der Waals surface area (Å²) in [5, 5.41) is 5.37. The first-order valence-electron chi connectivity index (χ1n) is 7.04. The highest BCUT2D eigenvalue weighted by Gasteiger charge is 2.07. The van der Waals surface area contributed by atoms with Crippen LogP contribution >= 0.6 is 34.8 Å². The van der Waals surface area contributed by atoms with Gasteiger partial charge in [0.1, 0.15) is 0 Å². The average molecular weight is 434 g/mol. The van der Waals surface area contributed by atoms with Gasteiger partial charge in [-0.2, -0.15) is 5.10 Å². The lowest BCUT2D eigenvalue weighted by Gasteiger charge is -2.05. The molecule has 0 radical (unpaired) electrons. The van der Waals surface area contributed by atoms with E-state index in [4.69, 9.17) is 18.0 Å². The van der Waals surface area contributed by atoms with Gasteiger partial charge < -0.3 is 10.3 Å². The van der Waals surface area contributed by atoms with Crippen molar-refractivity contribution >= 4 is 57.0 Å². The van der Waals surface area contributed by atoms with Crippen LogP contribution in [0, 0.1) is 3.57 Å². The Morgan fingerprint density at radius 2 is 1.96 bits per heavy atom. The molecule has 116 valence electrons. The van der Waals surface area contributed by atoms with Crippen LogP contribution in [0.1, 0.15) is 11.1 Å². The van der Waals surface area contributed by atoms with Gasteiger partial charge in [0, 0.05) is 32.8 Å². The van der Waals surface area contributed by atoms with Gasteiger partial charge >= 0.3 is 0 Å². The van der Waals surface area contributed by atoms with Crippen LogP contribution in [0.3, 0.4) is 0 Å². The van der Waals surface area contributed by atoms with E-state index >= 15 is 0 Å². The number of halogens is 1. The first-order valence-corrected chi connectivity index (χ1v) is 8.53. The second-order valence-corrected chi connectivity index (χ2v) is 6.78. The Morgan fingerprint density at radius 1 is 1.22 bits per heavy atom. The van der Waals surface area contributed by atoms with E-state index in [1.165, 1.54) is 14.7 Å². The van der Waals surface area contributed by atoms with Gasteiger partial charge in [0.25, 0.3) is 0 Å². The van der Waals surface area contributed by atoms with Crippen LogP contribution in [-0.2, 0) is 6.54 Å². The summed E-state index contributed by atoms with van der Waals surface area (Å²) < 4.78 is 3.46. The zero-order valence-corrected chi connectivity index (χ0v) is 15.2. The molecule has 1 heterocycles. The molecule has 0 saturated carbocycles. The zero-order chi connectivity index (χ0) is 16.2. The molecule has 0 aliphatic heterocycles. The number of fused-ring (bicyclic) bond motifs is 1. The summed E-state index contributed by atoms with van der Waals surface area (Å²) in [7, 11) is 0. The second-order valence-electron chi connectivity index (χ2n) is 5.09. The van der Waals surface area contributed by atoms with E-state index in [1.807, 2.05) is 12.1 Å². The van der Waals surface area contributed by atoms with Crippen molar-refractivity contribution in [3.8, 4) is 0 Å². The third kappa shape index (κ3) is 3.89.